The van der Waals surface area contributed by atoms with E-state index in [2.05, 4.69) is 0 Å². The van der Waals surface area contributed by atoms with Crippen LogP contribution in [0.15, 0.2) is 0 Å². The van der Waals surface area contributed by atoms with Crippen LogP contribution >= 0.6 is 0 Å². The summed E-state index contributed by atoms with van der Waals surface area (Å²) in [5, 5.41) is 32.1. The first-order valence-corrected chi connectivity index (χ1v) is 11.5. The van der Waals surface area contributed by atoms with Crippen molar-refractivity contribution in [1.82, 2.24) is 0 Å². The van der Waals surface area contributed by atoms with Gasteiger partial charge in [0.15, 0.2) is 30.9 Å². The molecule has 2 saturated heterocycles. The molecule has 2 aliphatic rings. The number of hydrogen-bond donors (Lipinski definition) is 3. The van der Waals surface area contributed by atoms with Gasteiger partial charge >= 0.3 is 29.8 Å². The summed E-state index contributed by atoms with van der Waals surface area (Å²) in [6.07, 6.45) is -16.2. The van der Waals surface area contributed by atoms with Crippen molar-refractivity contribution in [2.75, 3.05) is 13.2 Å². The molecule has 0 aliphatic carbocycles. The van der Waals surface area contributed by atoms with Gasteiger partial charge in [0.1, 0.15) is 43.7 Å². The summed E-state index contributed by atoms with van der Waals surface area (Å²) in [6, 6.07) is 0. The summed E-state index contributed by atoms with van der Waals surface area (Å²) in [6.45, 7) is 4.23. The molecule has 8 unspecified atom stereocenters. The molecule has 0 aromatic heterocycles. The van der Waals surface area contributed by atoms with Gasteiger partial charge in [-0.2, -0.15) is 0 Å². The lowest BCUT2D eigenvalue weighted by Crippen LogP contribution is -2.66. The Labute approximate surface area is 216 Å². The third-order valence-electron chi connectivity index (χ3n) is 5.35. The average molecular weight is 552 g/mol. The lowest BCUT2D eigenvalue weighted by Gasteiger charge is -2.47. The second-order valence-corrected chi connectivity index (χ2v) is 8.52. The number of esters is 5. The van der Waals surface area contributed by atoms with Crippen molar-refractivity contribution < 1.29 is 77.2 Å². The van der Waals surface area contributed by atoms with E-state index >= 15 is 0 Å². The fourth-order valence-electron chi connectivity index (χ4n) is 3.88. The van der Waals surface area contributed by atoms with Crippen LogP contribution in [0.5, 0.6) is 0 Å². The van der Waals surface area contributed by atoms with E-state index < -0.39 is 104 Å². The Morgan fingerprint density at radius 2 is 1.00 bits per heavy atom. The first-order valence-electron chi connectivity index (χ1n) is 11.5. The van der Waals surface area contributed by atoms with E-state index in [1.165, 1.54) is 0 Å². The smallest absolute Gasteiger partial charge is 0.303 e. The molecule has 2 fully saturated rings. The molecule has 0 saturated carbocycles. The van der Waals surface area contributed by atoms with E-state index in [4.69, 9.17) is 37.9 Å². The van der Waals surface area contributed by atoms with Crippen molar-refractivity contribution in [3.8, 4) is 0 Å². The van der Waals surface area contributed by atoms with Crippen molar-refractivity contribution in [2.45, 2.75) is 96.0 Å². The number of hydrogen-bond acceptors (Lipinski definition) is 16. The normalized spacial score (nSPS) is 34.9. The zero-order valence-electron chi connectivity index (χ0n) is 21.3. The fourth-order valence-corrected chi connectivity index (χ4v) is 3.88. The second kappa shape index (κ2) is 13.8. The van der Waals surface area contributed by atoms with E-state index in [1.54, 1.807) is 0 Å². The summed E-state index contributed by atoms with van der Waals surface area (Å²) in [7, 11) is 0. The van der Waals surface area contributed by atoms with Crippen molar-refractivity contribution in [1.29, 1.82) is 0 Å². The first-order chi connectivity index (χ1) is 17.7. The Balaban J connectivity index is 2.42. The summed E-state index contributed by atoms with van der Waals surface area (Å²) in [5.74, 6) is -4.05. The molecule has 216 valence electrons. The largest absolute Gasteiger partial charge is 0.463 e. The van der Waals surface area contributed by atoms with Crippen LogP contribution in [0.1, 0.15) is 34.6 Å². The van der Waals surface area contributed by atoms with Gasteiger partial charge in [-0.25, -0.2) is 0 Å². The molecular weight excluding hydrogens is 520 g/mol. The molecule has 0 aromatic carbocycles. The molecule has 0 spiro atoms. The number of ether oxygens (including phenoxy) is 8. The Bertz CT molecular complexity index is 871. The van der Waals surface area contributed by atoms with Gasteiger partial charge in [0.05, 0.1) is 0 Å². The maximum atomic E-state index is 11.8. The highest BCUT2D eigenvalue weighted by Gasteiger charge is 2.54. The molecule has 2 heterocycles. The van der Waals surface area contributed by atoms with Gasteiger partial charge in [-0.1, -0.05) is 0 Å². The van der Waals surface area contributed by atoms with Crippen LogP contribution in [0.2, 0.25) is 0 Å². The molecule has 3 N–H and O–H groups in total. The van der Waals surface area contributed by atoms with Crippen molar-refractivity contribution in [3.05, 3.63) is 0 Å². The minimum atomic E-state index is -1.85. The Morgan fingerprint density at radius 3 is 1.47 bits per heavy atom. The number of aliphatic hydroxyl groups is 3. The maximum Gasteiger partial charge on any atom is 0.303 e. The van der Waals surface area contributed by atoms with Gasteiger partial charge in [-0.15, -0.1) is 0 Å². The summed E-state index contributed by atoms with van der Waals surface area (Å²) in [4.78, 5) is 57.7. The first kappa shape index (κ1) is 31.3. The van der Waals surface area contributed by atoms with E-state index in [0.29, 0.717) is 0 Å². The molecule has 0 amide bonds. The third-order valence-corrected chi connectivity index (χ3v) is 5.35. The van der Waals surface area contributed by atoms with Gasteiger partial charge in [-0.05, 0) is 0 Å². The molecule has 16 heteroatoms. The average Bonchev–Trinajstić information content (AvgIpc) is 2.79. The van der Waals surface area contributed by atoms with Gasteiger partial charge in [0, 0.05) is 34.6 Å². The van der Waals surface area contributed by atoms with Crippen LogP contribution in [0, 0.1) is 0 Å². The fraction of sp³-hybridized carbons (Fsp3) is 0.773. The molecule has 2 rings (SSSR count). The molecule has 0 radical (unpaired) electrons. The number of rotatable bonds is 9. The predicted molar refractivity (Wildman–Crippen MR) is 116 cm³/mol. The monoisotopic (exact) mass is 552 g/mol. The van der Waals surface area contributed by atoms with Crippen LogP contribution in [-0.2, 0) is 61.9 Å². The van der Waals surface area contributed by atoms with E-state index in [1.807, 2.05) is 0 Å². The molecule has 38 heavy (non-hydrogen) atoms. The van der Waals surface area contributed by atoms with Crippen LogP contribution < -0.4 is 0 Å². The number of aliphatic hydroxyl groups excluding tert-OH is 3. The van der Waals surface area contributed by atoms with Gasteiger partial charge in [0.25, 0.3) is 0 Å². The highest BCUT2D eigenvalue weighted by atomic mass is 16.7. The molecule has 2 aliphatic heterocycles. The maximum absolute atomic E-state index is 11.8. The molecule has 16 nitrogen and oxygen atoms in total. The lowest BCUT2D eigenvalue weighted by molar-refractivity contribution is -0.356. The summed E-state index contributed by atoms with van der Waals surface area (Å²) in [5.41, 5.74) is 0. The van der Waals surface area contributed by atoms with Crippen molar-refractivity contribution in [3.63, 3.8) is 0 Å². The molecular formula is C22H32O16. The van der Waals surface area contributed by atoms with Crippen LogP contribution in [0.3, 0.4) is 0 Å². The predicted octanol–water partition coefficient (Wildman–Crippen LogP) is -2.54. The Morgan fingerprint density at radius 1 is 0.579 bits per heavy atom. The lowest BCUT2D eigenvalue weighted by atomic mass is 9.96. The van der Waals surface area contributed by atoms with Crippen LogP contribution in [-0.4, -0.2) is 120 Å². The number of carbonyl (C=O) groups is 5. The van der Waals surface area contributed by atoms with Crippen molar-refractivity contribution >= 4 is 29.8 Å². The zero-order chi connectivity index (χ0) is 28.7. The third kappa shape index (κ3) is 8.57. The molecule has 0 bridgehead atoms. The highest BCUT2D eigenvalue weighted by Crippen LogP contribution is 2.32. The van der Waals surface area contributed by atoms with Gasteiger partial charge < -0.3 is 53.2 Å². The van der Waals surface area contributed by atoms with Crippen molar-refractivity contribution in [2.24, 2.45) is 0 Å². The standard InChI is InChI=1S/C22H32O16/c1-8(23)31-6-13-18(15(28)19(21(30)36-13)34-11(4)26)38-22-20(35-12(5)27)16(29)17(33-10(3)25)14(37-22)7-32-9(2)24/h13-22,28-30H,6-7H2,1-5H3/t13?,14?,15?,16?,17?,18?,19?,20-,21-,22?/m0/s1. The SMILES string of the molecule is CC(=O)OCC1O[C@H](O)C(OC(C)=O)C(O)C1OC1OC(COC(C)=O)C(OC(C)=O)C(O)[C@@H]1OC(C)=O. The quantitative estimate of drug-likeness (QED) is 0.198. The van der Waals surface area contributed by atoms with E-state index in [0.717, 1.165) is 34.6 Å². The highest BCUT2D eigenvalue weighted by molar-refractivity contribution is 5.67. The second-order valence-electron chi connectivity index (χ2n) is 8.52. The van der Waals surface area contributed by atoms with Gasteiger partial charge in [-0.3, -0.25) is 24.0 Å². The van der Waals surface area contributed by atoms with Crippen LogP contribution in [0.25, 0.3) is 0 Å². The molecule has 10 atom stereocenters. The summed E-state index contributed by atoms with van der Waals surface area (Å²) >= 11 is 0. The summed E-state index contributed by atoms with van der Waals surface area (Å²) < 4.78 is 41.9. The zero-order valence-corrected chi connectivity index (χ0v) is 21.3. The van der Waals surface area contributed by atoms with Crippen LogP contribution in [0.4, 0.5) is 0 Å². The minimum absolute atomic E-state index is 0.521. The van der Waals surface area contributed by atoms with Gasteiger partial charge in [0.2, 0.25) is 0 Å². The Kier molecular flexibility index (Phi) is 11.4. The van der Waals surface area contributed by atoms with E-state index in [-0.39, 0.29) is 0 Å². The van der Waals surface area contributed by atoms with E-state index in [9.17, 15) is 39.3 Å². The minimum Gasteiger partial charge on any atom is -0.463 e. The topological polar surface area (TPSA) is 220 Å². The number of carbonyl (C=O) groups excluding carboxylic acids is 5. The molecule has 0 aromatic rings. The Hall–Kier alpha value is -2.89.